The maximum absolute atomic E-state index is 12.9. The van der Waals surface area contributed by atoms with Crippen molar-refractivity contribution in [2.75, 3.05) is 49.5 Å². The fourth-order valence-corrected chi connectivity index (χ4v) is 5.26. The molecular weight excluding hydrogens is 456 g/mol. The third-order valence-electron chi connectivity index (χ3n) is 5.59. The molecule has 178 valence electrons. The molecule has 0 aromatic heterocycles. The Morgan fingerprint density at radius 1 is 0.912 bits per heavy atom. The number of hydrogen-bond acceptors (Lipinski definition) is 7. The van der Waals surface area contributed by atoms with Gasteiger partial charge in [0.05, 0.1) is 9.82 Å². The van der Waals surface area contributed by atoms with Gasteiger partial charge in [-0.15, -0.1) is 0 Å². The average Bonchev–Trinajstić information content (AvgIpc) is 2.87. The lowest BCUT2D eigenvalue weighted by atomic mass is 10.2. The summed E-state index contributed by atoms with van der Waals surface area (Å²) in [6, 6.07) is 22.6. The molecule has 3 aromatic carbocycles. The minimum absolute atomic E-state index is 0.0197. The van der Waals surface area contributed by atoms with Crippen molar-refractivity contribution in [1.29, 1.82) is 0 Å². The van der Waals surface area contributed by atoms with Crippen LogP contribution in [0.3, 0.4) is 0 Å². The largest absolute Gasteiger partial charge is 0.492 e. The molecule has 0 spiro atoms. The normalized spacial score (nSPS) is 14.5. The first kappa shape index (κ1) is 23.5. The van der Waals surface area contributed by atoms with Gasteiger partial charge in [-0.1, -0.05) is 36.4 Å². The second-order valence-corrected chi connectivity index (χ2v) is 9.69. The number of nitrogens with zero attached hydrogens (tertiary/aromatic N) is 3. The summed E-state index contributed by atoms with van der Waals surface area (Å²) in [6.07, 6.45) is 0. The first-order chi connectivity index (χ1) is 16.4. The third-order valence-corrected chi connectivity index (χ3v) is 7.50. The van der Waals surface area contributed by atoms with Crippen LogP contribution in [0.1, 0.15) is 0 Å². The molecule has 10 heteroatoms. The summed E-state index contributed by atoms with van der Waals surface area (Å²) in [5, 5.41) is 14.6. The zero-order valence-electron chi connectivity index (χ0n) is 18.5. The molecule has 4 rings (SSSR count). The number of nitro benzene ring substituents is 1. The molecule has 0 unspecified atom stereocenters. The topological polar surface area (TPSA) is 105 Å². The van der Waals surface area contributed by atoms with Gasteiger partial charge < -0.3 is 15.0 Å². The summed E-state index contributed by atoms with van der Waals surface area (Å²) >= 11 is 0. The van der Waals surface area contributed by atoms with Crippen molar-refractivity contribution in [2.45, 2.75) is 4.90 Å². The zero-order valence-corrected chi connectivity index (χ0v) is 19.4. The minimum atomic E-state index is -3.54. The lowest BCUT2D eigenvalue weighted by Crippen LogP contribution is -2.48. The van der Waals surface area contributed by atoms with Gasteiger partial charge in [0.15, 0.2) is 0 Å². The number of hydrogen-bond donors (Lipinski definition) is 1. The molecular formula is C24H26N4O5S. The van der Waals surface area contributed by atoms with E-state index in [1.165, 1.54) is 10.4 Å². The van der Waals surface area contributed by atoms with E-state index in [1.807, 2.05) is 35.2 Å². The molecule has 0 bridgehead atoms. The van der Waals surface area contributed by atoms with E-state index >= 15 is 0 Å². The number of ether oxygens (including phenoxy) is 1. The number of piperazine rings is 1. The van der Waals surface area contributed by atoms with Gasteiger partial charge in [-0.3, -0.25) is 10.1 Å². The van der Waals surface area contributed by atoms with E-state index in [-0.39, 0.29) is 10.6 Å². The summed E-state index contributed by atoms with van der Waals surface area (Å²) in [5.41, 5.74) is 1.18. The molecule has 1 saturated heterocycles. The van der Waals surface area contributed by atoms with Gasteiger partial charge in [0.25, 0.3) is 5.69 Å². The van der Waals surface area contributed by atoms with Crippen LogP contribution in [0.25, 0.3) is 0 Å². The molecule has 1 aliphatic heterocycles. The number of anilines is 2. The zero-order chi connectivity index (χ0) is 24.0. The van der Waals surface area contributed by atoms with Gasteiger partial charge in [-0.25, -0.2) is 8.42 Å². The van der Waals surface area contributed by atoms with Crippen molar-refractivity contribution in [2.24, 2.45) is 0 Å². The SMILES string of the molecule is O=[N+]([O-])c1ccc(N2CCN(S(=O)(=O)c3ccccc3)CC2)cc1NCCOc1ccccc1. The van der Waals surface area contributed by atoms with E-state index in [0.717, 1.165) is 11.4 Å². The number of nitrogens with one attached hydrogen (secondary N) is 1. The minimum Gasteiger partial charge on any atom is -0.492 e. The molecule has 1 fully saturated rings. The van der Waals surface area contributed by atoms with Crippen LogP contribution in [0.2, 0.25) is 0 Å². The van der Waals surface area contributed by atoms with E-state index < -0.39 is 14.9 Å². The molecule has 34 heavy (non-hydrogen) atoms. The van der Waals surface area contributed by atoms with Crippen LogP contribution >= 0.6 is 0 Å². The maximum atomic E-state index is 12.9. The molecule has 1 heterocycles. The van der Waals surface area contributed by atoms with Crippen LogP contribution in [-0.2, 0) is 10.0 Å². The summed E-state index contributed by atoms with van der Waals surface area (Å²) in [7, 11) is -3.54. The summed E-state index contributed by atoms with van der Waals surface area (Å²) in [4.78, 5) is 13.4. The van der Waals surface area contributed by atoms with E-state index in [9.17, 15) is 18.5 Å². The molecule has 1 aliphatic rings. The molecule has 3 aromatic rings. The highest BCUT2D eigenvalue weighted by atomic mass is 32.2. The molecule has 0 radical (unpaired) electrons. The van der Waals surface area contributed by atoms with Crippen molar-refractivity contribution in [3.63, 3.8) is 0 Å². The lowest BCUT2D eigenvalue weighted by Gasteiger charge is -2.35. The molecule has 0 saturated carbocycles. The van der Waals surface area contributed by atoms with Gasteiger partial charge in [0.1, 0.15) is 18.0 Å². The van der Waals surface area contributed by atoms with E-state index in [0.29, 0.717) is 45.0 Å². The highest BCUT2D eigenvalue weighted by molar-refractivity contribution is 7.89. The Morgan fingerprint density at radius 3 is 2.21 bits per heavy atom. The van der Waals surface area contributed by atoms with Crippen LogP contribution in [0.5, 0.6) is 5.75 Å². The van der Waals surface area contributed by atoms with Crippen LogP contribution in [-0.4, -0.2) is 57.0 Å². The molecule has 1 N–H and O–H groups in total. The van der Waals surface area contributed by atoms with Gasteiger partial charge in [0.2, 0.25) is 10.0 Å². The maximum Gasteiger partial charge on any atom is 0.292 e. The van der Waals surface area contributed by atoms with Crippen molar-refractivity contribution < 1.29 is 18.1 Å². The molecule has 0 amide bonds. The highest BCUT2D eigenvalue weighted by Crippen LogP contribution is 2.30. The quantitative estimate of drug-likeness (QED) is 0.282. The van der Waals surface area contributed by atoms with Crippen molar-refractivity contribution in [1.82, 2.24) is 4.31 Å². The van der Waals surface area contributed by atoms with Crippen LogP contribution in [0, 0.1) is 10.1 Å². The second-order valence-electron chi connectivity index (χ2n) is 7.75. The molecule has 9 nitrogen and oxygen atoms in total. The summed E-state index contributed by atoms with van der Waals surface area (Å²) in [5.74, 6) is 0.732. The Labute approximate surface area is 198 Å². The molecule has 0 aliphatic carbocycles. The third kappa shape index (κ3) is 5.46. The lowest BCUT2D eigenvalue weighted by molar-refractivity contribution is -0.383. The smallest absolute Gasteiger partial charge is 0.292 e. The first-order valence-corrected chi connectivity index (χ1v) is 12.4. The van der Waals surface area contributed by atoms with Crippen molar-refractivity contribution >= 4 is 27.1 Å². The fourth-order valence-electron chi connectivity index (χ4n) is 3.82. The number of nitro groups is 1. The second kappa shape index (κ2) is 10.5. The monoisotopic (exact) mass is 482 g/mol. The Balaban J connectivity index is 1.40. The Kier molecular flexibility index (Phi) is 7.29. The Bertz CT molecular complexity index is 1210. The van der Waals surface area contributed by atoms with Crippen LogP contribution < -0.4 is 15.0 Å². The van der Waals surface area contributed by atoms with E-state index in [1.54, 1.807) is 42.5 Å². The van der Waals surface area contributed by atoms with E-state index in [4.69, 9.17) is 4.74 Å². The number of benzene rings is 3. The number of para-hydroxylation sites is 1. The first-order valence-electron chi connectivity index (χ1n) is 11.0. The standard InChI is InChI=1S/C24H26N4O5S/c29-28(30)24-12-11-20(19-23(24)25-13-18-33-21-7-3-1-4-8-21)26-14-16-27(17-15-26)34(31,32)22-9-5-2-6-10-22/h1-12,19,25H,13-18H2. The Hall–Kier alpha value is -3.63. The number of rotatable bonds is 9. The van der Waals surface area contributed by atoms with Gasteiger partial charge >= 0.3 is 0 Å². The number of sulfonamides is 1. The molecule has 0 atom stereocenters. The predicted octanol–water partition coefficient (Wildman–Crippen LogP) is 3.60. The van der Waals surface area contributed by atoms with E-state index in [2.05, 4.69) is 5.32 Å². The average molecular weight is 483 g/mol. The van der Waals surface area contributed by atoms with Crippen molar-refractivity contribution in [3.05, 3.63) is 89.0 Å². The van der Waals surface area contributed by atoms with Crippen LogP contribution in [0.15, 0.2) is 83.8 Å². The van der Waals surface area contributed by atoms with Crippen LogP contribution in [0.4, 0.5) is 17.1 Å². The Morgan fingerprint density at radius 2 is 1.56 bits per heavy atom. The summed E-state index contributed by atoms with van der Waals surface area (Å²) < 4.78 is 32.9. The van der Waals surface area contributed by atoms with Gasteiger partial charge in [-0.05, 0) is 36.4 Å². The fraction of sp³-hybridized carbons (Fsp3) is 0.250. The summed E-state index contributed by atoms with van der Waals surface area (Å²) in [6.45, 7) is 2.38. The van der Waals surface area contributed by atoms with Gasteiger partial charge in [0, 0.05) is 44.5 Å². The highest BCUT2D eigenvalue weighted by Gasteiger charge is 2.29. The predicted molar refractivity (Wildman–Crippen MR) is 131 cm³/mol. The van der Waals surface area contributed by atoms with Gasteiger partial charge in [-0.2, -0.15) is 4.31 Å². The van der Waals surface area contributed by atoms with Crippen molar-refractivity contribution in [3.8, 4) is 5.75 Å².